The summed E-state index contributed by atoms with van der Waals surface area (Å²) in [5.41, 5.74) is 9.75. The van der Waals surface area contributed by atoms with Gasteiger partial charge in [0.1, 0.15) is 5.75 Å². The van der Waals surface area contributed by atoms with Crippen LogP contribution in [-0.2, 0) is 24.3 Å². The first-order valence-electron chi connectivity index (χ1n) is 10.3. The Morgan fingerprint density at radius 1 is 1.06 bits per heavy atom. The summed E-state index contributed by atoms with van der Waals surface area (Å²) in [5.74, 6) is -1.69. The number of hydrogen-bond donors (Lipinski definition) is 2. The third-order valence-electron chi connectivity index (χ3n) is 5.00. The highest BCUT2D eigenvalue weighted by Crippen LogP contribution is 2.24. The highest BCUT2D eigenvalue weighted by molar-refractivity contribution is 5.94. The van der Waals surface area contributed by atoms with Crippen molar-refractivity contribution in [1.82, 2.24) is 9.88 Å². The number of halogens is 3. The second-order valence-electron chi connectivity index (χ2n) is 7.38. The number of aromatic nitrogens is 1. The number of carboxylic acids is 1. The third kappa shape index (κ3) is 6.55. The van der Waals surface area contributed by atoms with E-state index < -0.39 is 12.1 Å². The Morgan fingerprint density at radius 2 is 1.76 bits per heavy atom. The van der Waals surface area contributed by atoms with E-state index in [1.807, 2.05) is 41.3 Å². The summed E-state index contributed by atoms with van der Waals surface area (Å²) in [7, 11) is 0. The molecule has 0 unspecified atom stereocenters. The van der Waals surface area contributed by atoms with Gasteiger partial charge in [0.15, 0.2) is 0 Å². The predicted molar refractivity (Wildman–Crippen MR) is 117 cm³/mol. The molecule has 1 aliphatic heterocycles. The van der Waals surface area contributed by atoms with Crippen LogP contribution in [0.3, 0.4) is 0 Å². The Labute approximate surface area is 193 Å². The fraction of sp³-hybridized carbons (Fsp3) is 0.208. The number of pyridine rings is 1. The van der Waals surface area contributed by atoms with Crippen LogP contribution in [0.1, 0.15) is 27.0 Å². The molecule has 1 aromatic heterocycles. The number of amides is 1. The molecular formula is C24H22F3N3O4. The van der Waals surface area contributed by atoms with Gasteiger partial charge in [-0.15, -0.1) is 0 Å². The summed E-state index contributed by atoms with van der Waals surface area (Å²) >= 11 is 0. The first kappa shape index (κ1) is 24.7. The maximum atomic E-state index is 13.0. The van der Waals surface area contributed by atoms with E-state index in [1.54, 1.807) is 18.3 Å². The van der Waals surface area contributed by atoms with Crippen molar-refractivity contribution in [2.24, 2.45) is 5.73 Å². The standard InChI is InChI=1S/C22H21N3O2.C2HF3O2/c23-14-16-8-10-24-21(12-16)27-20-7-3-6-18(13-20)22(26)25-11-9-17-4-1-2-5-19(17)15-25;3-2(4,5)1(6)7/h1-8,10,12-13H,9,11,14-15,23H2;(H,6,7). The molecular weight excluding hydrogens is 451 g/mol. The quantitative estimate of drug-likeness (QED) is 0.589. The van der Waals surface area contributed by atoms with Crippen LogP contribution in [-0.4, -0.2) is 39.6 Å². The molecule has 2 heterocycles. The average molecular weight is 473 g/mol. The first-order chi connectivity index (χ1) is 16.2. The van der Waals surface area contributed by atoms with E-state index in [4.69, 9.17) is 20.4 Å². The maximum absolute atomic E-state index is 13.0. The van der Waals surface area contributed by atoms with Crippen molar-refractivity contribution in [3.63, 3.8) is 0 Å². The average Bonchev–Trinajstić information content (AvgIpc) is 2.83. The monoisotopic (exact) mass is 473 g/mol. The van der Waals surface area contributed by atoms with E-state index >= 15 is 0 Å². The molecule has 0 atom stereocenters. The van der Waals surface area contributed by atoms with Gasteiger partial charge >= 0.3 is 12.1 Å². The highest BCUT2D eigenvalue weighted by Gasteiger charge is 2.38. The Morgan fingerprint density at radius 3 is 2.44 bits per heavy atom. The van der Waals surface area contributed by atoms with Crippen LogP contribution in [0.5, 0.6) is 11.6 Å². The van der Waals surface area contributed by atoms with Crippen molar-refractivity contribution >= 4 is 11.9 Å². The molecule has 10 heteroatoms. The molecule has 2 aromatic carbocycles. The Balaban J connectivity index is 0.000000406. The van der Waals surface area contributed by atoms with E-state index in [9.17, 15) is 18.0 Å². The number of alkyl halides is 3. The summed E-state index contributed by atoms with van der Waals surface area (Å²) in [6.45, 7) is 1.79. The SMILES string of the molecule is NCc1ccnc(Oc2cccc(C(=O)N3CCc4ccccc4C3)c2)c1.O=C(O)C(F)(F)F. The molecule has 3 N–H and O–H groups in total. The van der Waals surface area contributed by atoms with Gasteiger partial charge in [-0.1, -0.05) is 30.3 Å². The second kappa shape index (κ2) is 10.8. The second-order valence-corrected chi connectivity index (χ2v) is 7.38. The van der Waals surface area contributed by atoms with Crippen LogP contribution >= 0.6 is 0 Å². The molecule has 0 radical (unpaired) electrons. The first-order valence-corrected chi connectivity index (χ1v) is 10.3. The van der Waals surface area contributed by atoms with Crippen LogP contribution < -0.4 is 10.5 Å². The minimum atomic E-state index is -5.08. The maximum Gasteiger partial charge on any atom is 0.490 e. The smallest absolute Gasteiger partial charge is 0.475 e. The normalized spacial score (nSPS) is 12.8. The van der Waals surface area contributed by atoms with E-state index in [2.05, 4.69) is 17.1 Å². The minimum absolute atomic E-state index is 0.0126. The lowest BCUT2D eigenvalue weighted by atomic mass is 9.99. The lowest BCUT2D eigenvalue weighted by Crippen LogP contribution is -2.35. The fourth-order valence-corrected chi connectivity index (χ4v) is 3.30. The molecule has 4 rings (SSSR count). The summed E-state index contributed by atoms with van der Waals surface area (Å²) < 4.78 is 37.6. The van der Waals surface area contributed by atoms with Crippen LogP contribution in [0, 0.1) is 0 Å². The molecule has 1 aliphatic rings. The van der Waals surface area contributed by atoms with Crippen molar-refractivity contribution in [2.45, 2.75) is 25.7 Å². The van der Waals surface area contributed by atoms with E-state index in [1.165, 1.54) is 11.1 Å². The van der Waals surface area contributed by atoms with Gasteiger partial charge in [0.05, 0.1) is 0 Å². The highest BCUT2D eigenvalue weighted by atomic mass is 19.4. The molecule has 0 saturated carbocycles. The van der Waals surface area contributed by atoms with Crippen LogP contribution in [0.2, 0.25) is 0 Å². The topological polar surface area (TPSA) is 106 Å². The number of carboxylic acid groups (broad SMARTS) is 1. The van der Waals surface area contributed by atoms with Crippen LogP contribution in [0.25, 0.3) is 0 Å². The molecule has 7 nitrogen and oxygen atoms in total. The summed E-state index contributed by atoms with van der Waals surface area (Å²) in [6.07, 6.45) is -2.54. The van der Waals surface area contributed by atoms with Crippen LogP contribution in [0.15, 0.2) is 66.9 Å². The Bertz CT molecular complexity index is 1170. The molecule has 178 valence electrons. The van der Waals surface area contributed by atoms with Crippen molar-refractivity contribution < 1.29 is 32.6 Å². The van der Waals surface area contributed by atoms with Gasteiger partial charge < -0.3 is 20.5 Å². The summed E-state index contributed by atoms with van der Waals surface area (Å²) in [6, 6.07) is 19.2. The van der Waals surface area contributed by atoms with Crippen LogP contribution in [0.4, 0.5) is 13.2 Å². The van der Waals surface area contributed by atoms with Gasteiger partial charge in [0.2, 0.25) is 5.88 Å². The molecule has 0 aliphatic carbocycles. The van der Waals surface area contributed by atoms with Gasteiger partial charge in [-0.25, -0.2) is 9.78 Å². The zero-order chi connectivity index (χ0) is 24.7. The van der Waals surface area contributed by atoms with Gasteiger partial charge in [0.25, 0.3) is 5.91 Å². The van der Waals surface area contributed by atoms with Crippen molar-refractivity contribution in [3.8, 4) is 11.6 Å². The number of nitrogens with zero attached hydrogens (tertiary/aromatic N) is 2. The third-order valence-corrected chi connectivity index (χ3v) is 5.00. The Kier molecular flexibility index (Phi) is 7.85. The number of carbonyl (C=O) groups excluding carboxylic acids is 1. The number of fused-ring (bicyclic) bond motifs is 1. The predicted octanol–water partition coefficient (Wildman–Crippen LogP) is 4.16. The molecule has 34 heavy (non-hydrogen) atoms. The fourth-order valence-electron chi connectivity index (χ4n) is 3.30. The lowest BCUT2D eigenvalue weighted by Gasteiger charge is -2.29. The summed E-state index contributed by atoms with van der Waals surface area (Å²) in [5, 5.41) is 7.12. The van der Waals surface area contributed by atoms with Gasteiger partial charge in [0, 0.05) is 37.5 Å². The molecule has 0 bridgehead atoms. The number of aliphatic carboxylic acids is 1. The van der Waals surface area contributed by atoms with Gasteiger partial charge in [-0.3, -0.25) is 4.79 Å². The lowest BCUT2D eigenvalue weighted by molar-refractivity contribution is -0.192. The molecule has 0 saturated heterocycles. The number of carbonyl (C=O) groups is 2. The number of hydrogen-bond acceptors (Lipinski definition) is 5. The minimum Gasteiger partial charge on any atom is -0.475 e. The number of rotatable bonds is 4. The van der Waals surface area contributed by atoms with Gasteiger partial charge in [-0.05, 0) is 47.4 Å². The molecule has 3 aromatic rings. The number of benzene rings is 2. The number of ether oxygens (including phenoxy) is 1. The van der Waals surface area contributed by atoms with Crippen molar-refractivity contribution in [3.05, 3.63) is 89.1 Å². The largest absolute Gasteiger partial charge is 0.490 e. The zero-order valence-electron chi connectivity index (χ0n) is 18.0. The van der Waals surface area contributed by atoms with E-state index in [0.717, 1.165) is 18.5 Å². The van der Waals surface area contributed by atoms with Gasteiger partial charge in [-0.2, -0.15) is 13.2 Å². The zero-order valence-corrected chi connectivity index (χ0v) is 18.0. The molecule has 1 amide bonds. The Hall–Kier alpha value is -3.92. The molecule has 0 spiro atoms. The van der Waals surface area contributed by atoms with E-state index in [-0.39, 0.29) is 5.91 Å². The van der Waals surface area contributed by atoms with Crippen molar-refractivity contribution in [1.29, 1.82) is 0 Å². The van der Waals surface area contributed by atoms with Crippen molar-refractivity contribution in [2.75, 3.05) is 6.54 Å². The van der Waals surface area contributed by atoms with E-state index in [0.29, 0.717) is 30.3 Å². The summed E-state index contributed by atoms with van der Waals surface area (Å²) in [4.78, 5) is 27.9. The number of nitrogens with two attached hydrogens (primary N) is 1. The molecule has 0 fully saturated rings.